The number of aromatic nitrogens is 2. The molecular weight excluding hydrogens is 272 g/mol. The third-order valence-electron chi connectivity index (χ3n) is 3.25. The van der Waals surface area contributed by atoms with Gasteiger partial charge in [0.25, 0.3) is 10.0 Å². The third kappa shape index (κ3) is 2.73. The molecule has 2 heterocycles. The van der Waals surface area contributed by atoms with Gasteiger partial charge in [0.2, 0.25) is 0 Å². The van der Waals surface area contributed by atoms with Crippen molar-refractivity contribution in [2.45, 2.75) is 17.0 Å². The van der Waals surface area contributed by atoms with E-state index in [1.165, 1.54) is 10.9 Å². The van der Waals surface area contributed by atoms with E-state index in [9.17, 15) is 8.42 Å². The fraction of sp³-hybridized carbons (Fsp3) is 0.700. The van der Waals surface area contributed by atoms with Crippen LogP contribution in [0.3, 0.4) is 0 Å². The first-order chi connectivity index (χ1) is 8.90. The molecule has 1 aromatic rings. The minimum Gasteiger partial charge on any atom is -0.381 e. The summed E-state index contributed by atoms with van der Waals surface area (Å²) in [4.78, 5) is 3.77. The van der Waals surface area contributed by atoms with Gasteiger partial charge in [-0.05, 0) is 0 Å². The molecule has 1 fully saturated rings. The Balaban J connectivity index is 2.14. The van der Waals surface area contributed by atoms with Crippen molar-refractivity contribution in [2.24, 2.45) is 7.05 Å². The Hall–Kier alpha value is -1.16. The van der Waals surface area contributed by atoms with Crippen LogP contribution in [0.5, 0.6) is 0 Å². The van der Waals surface area contributed by atoms with E-state index in [2.05, 4.69) is 9.71 Å². The summed E-state index contributed by atoms with van der Waals surface area (Å²) in [5.41, 5.74) is 4.96. The number of aryl methyl sites for hydroxylation is 1. The van der Waals surface area contributed by atoms with Gasteiger partial charge in [-0.15, -0.1) is 0 Å². The van der Waals surface area contributed by atoms with Gasteiger partial charge in [0, 0.05) is 33.7 Å². The van der Waals surface area contributed by atoms with Crippen molar-refractivity contribution in [3.8, 4) is 0 Å². The lowest BCUT2D eigenvalue weighted by atomic mass is 10.0. The highest BCUT2D eigenvalue weighted by atomic mass is 32.2. The third-order valence-corrected chi connectivity index (χ3v) is 4.78. The molecule has 1 unspecified atom stereocenters. The molecule has 1 atom stereocenters. The summed E-state index contributed by atoms with van der Waals surface area (Å²) in [5, 5.41) is -0.0438. The van der Waals surface area contributed by atoms with Crippen LogP contribution in [0.1, 0.15) is 6.42 Å². The maximum absolute atomic E-state index is 12.2. The summed E-state index contributed by atoms with van der Waals surface area (Å²) in [6.45, 7) is 1.06. The molecular formula is C10H18N4O4S. The second-order valence-electron chi connectivity index (χ2n) is 4.56. The predicted octanol–water partition coefficient (Wildman–Crippen LogP) is -0.914. The zero-order valence-corrected chi connectivity index (χ0v) is 11.7. The number of nitrogens with two attached hydrogens (primary N) is 1. The van der Waals surface area contributed by atoms with Crippen LogP contribution in [-0.4, -0.2) is 50.4 Å². The Morgan fingerprint density at radius 1 is 1.68 bits per heavy atom. The van der Waals surface area contributed by atoms with Gasteiger partial charge in [0.05, 0.1) is 12.9 Å². The zero-order chi connectivity index (χ0) is 14.1. The number of nitrogen functional groups attached to an aromatic ring is 1. The first-order valence-electron chi connectivity index (χ1n) is 5.80. The molecule has 0 radical (unpaired) electrons. The van der Waals surface area contributed by atoms with Gasteiger partial charge in [0.15, 0.2) is 10.8 Å². The molecule has 0 amide bonds. The van der Waals surface area contributed by atoms with E-state index < -0.39 is 15.6 Å². The van der Waals surface area contributed by atoms with Crippen molar-refractivity contribution in [3.63, 3.8) is 0 Å². The van der Waals surface area contributed by atoms with Crippen molar-refractivity contribution >= 4 is 15.8 Å². The van der Waals surface area contributed by atoms with E-state index >= 15 is 0 Å². The van der Waals surface area contributed by atoms with Crippen molar-refractivity contribution in [3.05, 3.63) is 6.33 Å². The van der Waals surface area contributed by atoms with Crippen LogP contribution in [-0.2, 0) is 26.5 Å². The molecule has 1 aromatic heterocycles. The zero-order valence-electron chi connectivity index (χ0n) is 10.9. The van der Waals surface area contributed by atoms with Crippen LogP contribution in [0.15, 0.2) is 11.4 Å². The second-order valence-corrected chi connectivity index (χ2v) is 6.24. The van der Waals surface area contributed by atoms with Crippen LogP contribution in [0.4, 0.5) is 5.82 Å². The quantitative estimate of drug-likeness (QED) is 0.726. The smallest absolute Gasteiger partial charge is 0.260 e. The Bertz CT molecular complexity index is 528. The number of anilines is 1. The number of nitrogens with one attached hydrogen (secondary N) is 1. The fourth-order valence-corrected chi connectivity index (χ4v) is 3.36. The molecule has 108 valence electrons. The van der Waals surface area contributed by atoms with Gasteiger partial charge in [-0.2, -0.15) is 0 Å². The van der Waals surface area contributed by atoms with E-state index in [0.29, 0.717) is 19.6 Å². The van der Waals surface area contributed by atoms with E-state index in [0.717, 1.165) is 0 Å². The summed E-state index contributed by atoms with van der Waals surface area (Å²) in [6, 6.07) is 0. The maximum Gasteiger partial charge on any atom is 0.260 e. The van der Waals surface area contributed by atoms with Crippen LogP contribution in [0.25, 0.3) is 0 Å². The molecule has 0 saturated carbocycles. The predicted molar refractivity (Wildman–Crippen MR) is 68.0 cm³/mol. The molecule has 8 nitrogen and oxygen atoms in total. The molecule has 0 bridgehead atoms. The Morgan fingerprint density at radius 2 is 2.42 bits per heavy atom. The number of hydrogen-bond donors (Lipinski definition) is 2. The van der Waals surface area contributed by atoms with Crippen molar-refractivity contribution in [2.75, 3.05) is 32.6 Å². The lowest BCUT2D eigenvalue weighted by Gasteiger charge is -2.25. The monoisotopic (exact) mass is 290 g/mol. The highest BCUT2D eigenvalue weighted by Gasteiger charge is 2.37. The SMILES string of the molecule is COC1(CNS(=O)(=O)c2c(N)ncn2C)CCOC1. The number of methoxy groups -OCH3 is 1. The number of imidazole rings is 1. The second kappa shape index (κ2) is 5.08. The molecule has 0 aromatic carbocycles. The van der Waals surface area contributed by atoms with Crippen LogP contribution >= 0.6 is 0 Å². The van der Waals surface area contributed by atoms with Gasteiger partial charge in [-0.1, -0.05) is 0 Å². The van der Waals surface area contributed by atoms with Crippen molar-refractivity contribution in [1.29, 1.82) is 0 Å². The number of hydrogen-bond acceptors (Lipinski definition) is 6. The lowest BCUT2D eigenvalue weighted by Crippen LogP contribution is -2.45. The minimum atomic E-state index is -3.72. The summed E-state index contributed by atoms with van der Waals surface area (Å²) in [6.07, 6.45) is 2.00. The molecule has 19 heavy (non-hydrogen) atoms. The number of nitrogens with zero attached hydrogens (tertiary/aromatic N) is 2. The molecule has 3 N–H and O–H groups in total. The summed E-state index contributed by atoms with van der Waals surface area (Å²) in [5.74, 6) is -0.0239. The van der Waals surface area contributed by atoms with E-state index in [4.69, 9.17) is 15.2 Å². The van der Waals surface area contributed by atoms with Crippen LogP contribution < -0.4 is 10.5 Å². The average Bonchev–Trinajstić information content (AvgIpc) is 2.95. The summed E-state index contributed by atoms with van der Waals surface area (Å²) >= 11 is 0. The maximum atomic E-state index is 12.2. The van der Waals surface area contributed by atoms with Crippen LogP contribution in [0, 0.1) is 0 Å². The molecule has 9 heteroatoms. The standard InChI is InChI=1S/C10H18N4O4S/c1-14-7-12-8(11)9(14)19(15,16)13-5-10(17-2)3-4-18-6-10/h7,13H,3-6,11H2,1-2H3. The van der Waals surface area contributed by atoms with Crippen molar-refractivity contribution < 1.29 is 17.9 Å². The topological polar surface area (TPSA) is 108 Å². The van der Waals surface area contributed by atoms with Gasteiger partial charge in [0.1, 0.15) is 5.60 Å². The van der Waals surface area contributed by atoms with Crippen LogP contribution in [0.2, 0.25) is 0 Å². The normalized spacial score (nSPS) is 23.9. The fourth-order valence-electron chi connectivity index (χ4n) is 2.02. The van der Waals surface area contributed by atoms with Gasteiger partial charge < -0.3 is 19.8 Å². The molecule has 0 aliphatic carbocycles. The minimum absolute atomic E-state index is 0.0239. The highest BCUT2D eigenvalue weighted by molar-refractivity contribution is 7.89. The Kier molecular flexibility index (Phi) is 3.81. The number of sulfonamides is 1. The van der Waals surface area contributed by atoms with Gasteiger partial charge in [-0.25, -0.2) is 18.1 Å². The summed E-state index contributed by atoms with van der Waals surface area (Å²) in [7, 11) is -0.609. The molecule has 1 aliphatic rings. The largest absolute Gasteiger partial charge is 0.381 e. The van der Waals surface area contributed by atoms with Crippen molar-refractivity contribution in [1.82, 2.24) is 14.3 Å². The number of ether oxygens (including phenoxy) is 2. The number of rotatable bonds is 5. The first kappa shape index (κ1) is 14.3. The highest BCUT2D eigenvalue weighted by Crippen LogP contribution is 2.23. The van der Waals surface area contributed by atoms with E-state index in [-0.39, 0.29) is 17.4 Å². The Morgan fingerprint density at radius 3 is 2.89 bits per heavy atom. The average molecular weight is 290 g/mol. The first-order valence-corrected chi connectivity index (χ1v) is 7.28. The van der Waals surface area contributed by atoms with E-state index in [1.807, 2.05) is 0 Å². The Labute approximate surface area is 111 Å². The van der Waals surface area contributed by atoms with Gasteiger partial charge in [-0.3, -0.25) is 0 Å². The van der Waals surface area contributed by atoms with E-state index in [1.54, 1.807) is 14.2 Å². The molecule has 1 saturated heterocycles. The lowest BCUT2D eigenvalue weighted by molar-refractivity contribution is -0.0120. The molecule has 1 aliphatic heterocycles. The van der Waals surface area contributed by atoms with Gasteiger partial charge >= 0.3 is 0 Å². The summed E-state index contributed by atoms with van der Waals surface area (Å²) < 4.78 is 38.9. The molecule has 0 spiro atoms. The molecule has 2 rings (SSSR count).